The minimum absolute atomic E-state index is 0.447. The van der Waals surface area contributed by atoms with E-state index < -0.39 is 71.5 Å². The van der Waals surface area contributed by atoms with E-state index in [1.165, 1.54) is 0 Å². The molecule has 1 atom stereocenters. The molecule has 0 saturated heterocycles. The lowest BCUT2D eigenvalue weighted by atomic mass is 9.87. The van der Waals surface area contributed by atoms with E-state index in [1.807, 2.05) is 0 Å². The zero-order chi connectivity index (χ0) is 29.0. The molecule has 19 heteroatoms. The van der Waals surface area contributed by atoms with E-state index in [4.69, 9.17) is 0 Å². The second-order valence-electron chi connectivity index (χ2n) is 7.13. The van der Waals surface area contributed by atoms with Gasteiger partial charge >= 0.3 is 47.6 Å². The lowest BCUT2D eigenvalue weighted by Crippen LogP contribution is -2.74. The molecule has 0 aliphatic rings. The fraction of sp³-hybridized carbons (Fsp3) is 0.647. The van der Waals surface area contributed by atoms with E-state index in [2.05, 4.69) is 4.74 Å². The summed E-state index contributed by atoms with van der Waals surface area (Å²) in [7, 11) is 0.447. The van der Waals surface area contributed by atoms with Crippen LogP contribution in [0.1, 0.15) is 18.1 Å². The van der Waals surface area contributed by atoms with Gasteiger partial charge in [0, 0.05) is 13.5 Å². The van der Waals surface area contributed by atoms with Gasteiger partial charge in [0.1, 0.15) is 5.82 Å². The second kappa shape index (κ2) is 9.04. The van der Waals surface area contributed by atoms with Crippen molar-refractivity contribution >= 4 is 0 Å². The lowest BCUT2D eigenvalue weighted by Gasteiger charge is -2.43. The van der Waals surface area contributed by atoms with Crippen molar-refractivity contribution in [3.63, 3.8) is 0 Å². The zero-order valence-corrected chi connectivity index (χ0v) is 16.8. The summed E-state index contributed by atoms with van der Waals surface area (Å²) in [5.41, 5.74) is -0.703. The Bertz CT molecular complexity index is 901. The molecular weight excluding hydrogens is 562 g/mol. The van der Waals surface area contributed by atoms with Gasteiger partial charge in [-0.2, -0.15) is 74.6 Å². The Labute approximate surface area is 188 Å². The maximum Gasteiger partial charge on any atom is 0.460 e. The summed E-state index contributed by atoms with van der Waals surface area (Å²) in [6, 6.07) is 2.06. The standard InChI is InChI=1S/C17H10F18O/c1-36-9(7-2-4-8(18)5-3-7)6-10(19,20)11(21,22)12(23,24)13(25,26)14(27,28)15(29,30)16(31,32)17(33,34)35/h2-5,9H,6H2,1H3. The predicted molar refractivity (Wildman–Crippen MR) is 81.5 cm³/mol. The first kappa shape index (κ1) is 31.9. The molecule has 1 aromatic carbocycles. The highest BCUT2D eigenvalue weighted by molar-refractivity contribution is 5.20. The highest BCUT2D eigenvalue weighted by atomic mass is 19.4. The molecule has 0 amide bonds. The van der Waals surface area contributed by atoms with Crippen LogP contribution in [0.2, 0.25) is 0 Å². The largest absolute Gasteiger partial charge is 0.460 e. The van der Waals surface area contributed by atoms with Gasteiger partial charge in [-0.15, -0.1) is 0 Å². The summed E-state index contributed by atoms with van der Waals surface area (Å²) in [5.74, 6) is -57.9. The molecule has 210 valence electrons. The number of alkyl halides is 17. The molecule has 36 heavy (non-hydrogen) atoms. The molecule has 0 saturated carbocycles. The molecule has 0 bridgehead atoms. The van der Waals surface area contributed by atoms with Crippen molar-refractivity contribution in [1.82, 2.24) is 0 Å². The van der Waals surface area contributed by atoms with E-state index in [9.17, 15) is 79.0 Å². The van der Waals surface area contributed by atoms with Crippen LogP contribution in [0, 0.1) is 5.82 Å². The summed E-state index contributed by atoms with van der Waals surface area (Å²) in [6.07, 6.45) is -13.1. The minimum Gasteiger partial charge on any atom is -0.377 e. The molecule has 0 radical (unpaired) electrons. The third-order valence-corrected chi connectivity index (χ3v) is 4.76. The van der Waals surface area contributed by atoms with Crippen molar-refractivity contribution < 1.29 is 83.8 Å². The Morgan fingerprint density at radius 3 is 1.22 bits per heavy atom. The Morgan fingerprint density at radius 2 is 0.889 bits per heavy atom. The smallest absolute Gasteiger partial charge is 0.377 e. The molecule has 0 aliphatic carbocycles. The average molecular weight is 572 g/mol. The molecule has 0 spiro atoms. The van der Waals surface area contributed by atoms with E-state index in [0.717, 1.165) is 0 Å². The van der Waals surface area contributed by atoms with Crippen molar-refractivity contribution in [2.24, 2.45) is 0 Å². The quantitative estimate of drug-likeness (QED) is 0.259. The fourth-order valence-corrected chi connectivity index (χ4v) is 2.57. The number of benzene rings is 1. The molecule has 0 N–H and O–H groups in total. The fourth-order valence-electron chi connectivity index (χ4n) is 2.57. The molecule has 1 rings (SSSR count). The maximum absolute atomic E-state index is 14.1. The van der Waals surface area contributed by atoms with Crippen LogP contribution in [0.25, 0.3) is 0 Å². The van der Waals surface area contributed by atoms with Crippen LogP contribution in [0.3, 0.4) is 0 Å². The van der Waals surface area contributed by atoms with Gasteiger partial charge in [-0.25, -0.2) is 4.39 Å². The predicted octanol–water partition coefficient (Wildman–Crippen LogP) is 7.91. The Hall–Kier alpha value is -2.08. The summed E-state index contributed by atoms with van der Waals surface area (Å²) in [5, 5.41) is 0. The molecule has 1 aromatic rings. The first-order valence-electron chi connectivity index (χ1n) is 8.67. The molecule has 1 unspecified atom stereocenters. The van der Waals surface area contributed by atoms with Crippen LogP contribution in [0.5, 0.6) is 0 Å². The Kier molecular flexibility index (Phi) is 8.02. The number of halogens is 18. The van der Waals surface area contributed by atoms with Crippen molar-refractivity contribution in [1.29, 1.82) is 0 Å². The van der Waals surface area contributed by atoms with E-state index in [0.29, 0.717) is 31.4 Å². The van der Waals surface area contributed by atoms with Crippen LogP contribution >= 0.6 is 0 Å². The molecular formula is C17H10F18O. The first-order valence-corrected chi connectivity index (χ1v) is 8.67. The minimum atomic E-state index is -8.68. The number of methoxy groups -OCH3 is 1. The van der Waals surface area contributed by atoms with Gasteiger partial charge in [0.05, 0.1) is 6.10 Å². The van der Waals surface area contributed by atoms with E-state index in [1.54, 1.807) is 0 Å². The van der Waals surface area contributed by atoms with Crippen LogP contribution in [0.4, 0.5) is 79.0 Å². The normalized spacial score (nSPS) is 16.3. The molecule has 0 fully saturated rings. The summed E-state index contributed by atoms with van der Waals surface area (Å²) in [6.45, 7) is 0. The average Bonchev–Trinajstić information content (AvgIpc) is 2.71. The lowest BCUT2D eigenvalue weighted by molar-refractivity contribution is -0.462. The second-order valence-corrected chi connectivity index (χ2v) is 7.13. The van der Waals surface area contributed by atoms with Gasteiger partial charge in [-0.1, -0.05) is 12.1 Å². The first-order chi connectivity index (χ1) is 15.7. The SMILES string of the molecule is COC(CC(F)(F)C(F)(F)C(F)(F)C(F)(F)C(F)(F)C(F)(F)C(F)(F)C(F)(F)F)c1ccc(F)cc1. The summed E-state index contributed by atoms with van der Waals surface area (Å²) >= 11 is 0. The van der Waals surface area contributed by atoms with E-state index >= 15 is 0 Å². The van der Waals surface area contributed by atoms with Crippen LogP contribution in [-0.4, -0.2) is 54.7 Å². The van der Waals surface area contributed by atoms with Crippen LogP contribution in [-0.2, 0) is 4.74 Å². The molecule has 0 heterocycles. The van der Waals surface area contributed by atoms with Crippen molar-refractivity contribution in [2.75, 3.05) is 7.11 Å². The van der Waals surface area contributed by atoms with Crippen molar-refractivity contribution in [3.8, 4) is 0 Å². The molecule has 0 aliphatic heterocycles. The number of hydrogen-bond donors (Lipinski definition) is 0. The number of rotatable bonds is 10. The monoisotopic (exact) mass is 572 g/mol. The van der Waals surface area contributed by atoms with Gasteiger partial charge in [0.25, 0.3) is 0 Å². The van der Waals surface area contributed by atoms with Gasteiger partial charge in [0.15, 0.2) is 0 Å². The van der Waals surface area contributed by atoms with Gasteiger partial charge in [0.2, 0.25) is 0 Å². The maximum atomic E-state index is 14.1. The topological polar surface area (TPSA) is 9.23 Å². The third-order valence-electron chi connectivity index (χ3n) is 4.76. The number of ether oxygens (including phenoxy) is 1. The van der Waals surface area contributed by atoms with Crippen LogP contribution in [0.15, 0.2) is 24.3 Å². The Morgan fingerprint density at radius 1 is 0.556 bits per heavy atom. The summed E-state index contributed by atoms with van der Waals surface area (Å²) < 4.78 is 243. The summed E-state index contributed by atoms with van der Waals surface area (Å²) in [4.78, 5) is 0. The van der Waals surface area contributed by atoms with Crippen molar-refractivity contribution in [3.05, 3.63) is 35.6 Å². The zero-order valence-electron chi connectivity index (χ0n) is 16.8. The van der Waals surface area contributed by atoms with Crippen molar-refractivity contribution in [2.45, 2.75) is 60.2 Å². The number of hydrogen-bond acceptors (Lipinski definition) is 1. The van der Waals surface area contributed by atoms with Gasteiger partial charge < -0.3 is 4.74 Å². The highest BCUT2D eigenvalue weighted by Crippen LogP contribution is 2.64. The van der Waals surface area contributed by atoms with Gasteiger partial charge in [-0.05, 0) is 17.7 Å². The van der Waals surface area contributed by atoms with E-state index in [-0.39, 0.29) is 0 Å². The third kappa shape index (κ3) is 4.55. The van der Waals surface area contributed by atoms with Crippen LogP contribution < -0.4 is 0 Å². The molecule has 1 nitrogen and oxygen atoms in total. The Balaban J connectivity index is 3.57. The molecule has 0 aromatic heterocycles. The highest BCUT2D eigenvalue weighted by Gasteiger charge is 2.95. The van der Waals surface area contributed by atoms with Gasteiger partial charge in [-0.3, -0.25) is 0 Å².